The molecule has 1 aliphatic heterocycles. The number of nitrogens with zero attached hydrogens (tertiary/aromatic N) is 1. The third-order valence-electron chi connectivity index (χ3n) is 4.36. The van der Waals surface area contributed by atoms with E-state index in [-0.39, 0.29) is 11.7 Å². The van der Waals surface area contributed by atoms with Gasteiger partial charge in [0.25, 0.3) is 0 Å². The zero-order valence-electron chi connectivity index (χ0n) is 10.9. The molecular formula is C13H24N2O. The van der Waals surface area contributed by atoms with Crippen molar-refractivity contribution in [2.75, 3.05) is 0 Å². The molecule has 92 valence electrons. The fourth-order valence-corrected chi connectivity index (χ4v) is 2.75. The van der Waals surface area contributed by atoms with Gasteiger partial charge >= 0.3 is 0 Å². The molecular weight excluding hydrogens is 200 g/mol. The summed E-state index contributed by atoms with van der Waals surface area (Å²) in [5.41, 5.74) is -0.330. The predicted molar refractivity (Wildman–Crippen MR) is 64.9 cm³/mol. The summed E-state index contributed by atoms with van der Waals surface area (Å²) in [5.74, 6) is 1.06. The zero-order chi connectivity index (χ0) is 11.9. The van der Waals surface area contributed by atoms with Crippen molar-refractivity contribution in [3.63, 3.8) is 0 Å². The van der Waals surface area contributed by atoms with Gasteiger partial charge in [-0.05, 0) is 45.4 Å². The van der Waals surface area contributed by atoms with E-state index in [1.54, 1.807) is 0 Å². The lowest BCUT2D eigenvalue weighted by molar-refractivity contribution is -0.135. The van der Waals surface area contributed by atoms with Crippen molar-refractivity contribution in [1.29, 1.82) is 0 Å². The van der Waals surface area contributed by atoms with Gasteiger partial charge in [0.05, 0.1) is 11.7 Å². The van der Waals surface area contributed by atoms with Crippen molar-refractivity contribution < 1.29 is 4.79 Å². The first-order valence-electron chi connectivity index (χ1n) is 6.64. The Bertz CT molecular complexity index is 288. The van der Waals surface area contributed by atoms with E-state index in [1.807, 2.05) is 6.92 Å². The van der Waals surface area contributed by atoms with Crippen LogP contribution in [-0.2, 0) is 4.79 Å². The lowest BCUT2D eigenvalue weighted by Gasteiger charge is -2.30. The highest BCUT2D eigenvalue weighted by molar-refractivity contribution is 5.88. The van der Waals surface area contributed by atoms with Crippen LogP contribution < -0.4 is 5.32 Å². The first-order chi connectivity index (χ1) is 7.53. The summed E-state index contributed by atoms with van der Waals surface area (Å²) in [6.45, 7) is 8.49. The maximum Gasteiger partial charge on any atom is 0.244 e. The molecule has 3 heteroatoms. The molecule has 3 atom stereocenters. The summed E-state index contributed by atoms with van der Waals surface area (Å²) in [6, 6.07) is 0.415. The Hall–Kier alpha value is -0.570. The zero-order valence-corrected chi connectivity index (χ0v) is 10.9. The van der Waals surface area contributed by atoms with E-state index in [4.69, 9.17) is 0 Å². The van der Waals surface area contributed by atoms with Crippen molar-refractivity contribution in [2.24, 2.45) is 5.92 Å². The molecule has 16 heavy (non-hydrogen) atoms. The lowest BCUT2D eigenvalue weighted by Crippen LogP contribution is -2.45. The van der Waals surface area contributed by atoms with Crippen molar-refractivity contribution >= 4 is 5.91 Å². The number of rotatable bonds is 4. The SMILES string of the molecule is CCC1NC(C)(CC)C(=O)N1C(C)C1CC1. The highest BCUT2D eigenvalue weighted by Crippen LogP contribution is 2.38. The summed E-state index contributed by atoms with van der Waals surface area (Å²) in [4.78, 5) is 14.6. The Morgan fingerprint density at radius 2 is 2.12 bits per heavy atom. The molecule has 2 aliphatic rings. The number of hydrogen-bond acceptors (Lipinski definition) is 2. The molecule has 0 bridgehead atoms. The molecule has 1 saturated heterocycles. The van der Waals surface area contributed by atoms with Crippen LogP contribution in [-0.4, -0.2) is 28.6 Å². The molecule has 0 aromatic carbocycles. The average molecular weight is 224 g/mol. The van der Waals surface area contributed by atoms with E-state index in [0.29, 0.717) is 11.9 Å². The van der Waals surface area contributed by atoms with Crippen LogP contribution in [0.5, 0.6) is 0 Å². The summed E-state index contributed by atoms with van der Waals surface area (Å²) >= 11 is 0. The van der Waals surface area contributed by atoms with Gasteiger partial charge in [0, 0.05) is 6.04 Å². The van der Waals surface area contributed by atoms with Crippen LogP contribution in [0.2, 0.25) is 0 Å². The number of nitrogens with one attached hydrogen (secondary N) is 1. The molecule has 1 N–H and O–H groups in total. The summed E-state index contributed by atoms with van der Waals surface area (Å²) in [7, 11) is 0. The van der Waals surface area contributed by atoms with Crippen LogP contribution in [0.4, 0.5) is 0 Å². The molecule has 0 radical (unpaired) electrons. The Labute approximate surface area is 98.6 Å². The molecule has 1 heterocycles. The normalized spacial score (nSPS) is 36.9. The van der Waals surface area contributed by atoms with E-state index in [1.165, 1.54) is 12.8 Å². The van der Waals surface area contributed by atoms with Crippen molar-refractivity contribution in [3.8, 4) is 0 Å². The maximum absolute atomic E-state index is 12.5. The van der Waals surface area contributed by atoms with E-state index in [2.05, 4.69) is 31.0 Å². The van der Waals surface area contributed by atoms with Crippen LogP contribution in [0.25, 0.3) is 0 Å². The highest BCUT2D eigenvalue weighted by Gasteiger charge is 2.49. The fraction of sp³-hybridized carbons (Fsp3) is 0.923. The maximum atomic E-state index is 12.5. The Morgan fingerprint density at radius 3 is 2.56 bits per heavy atom. The van der Waals surface area contributed by atoms with E-state index in [0.717, 1.165) is 18.8 Å². The van der Waals surface area contributed by atoms with Gasteiger partial charge in [-0.1, -0.05) is 13.8 Å². The minimum absolute atomic E-state index is 0.244. The predicted octanol–water partition coefficient (Wildman–Crippen LogP) is 2.12. The molecule has 3 nitrogen and oxygen atoms in total. The van der Waals surface area contributed by atoms with Gasteiger partial charge < -0.3 is 4.90 Å². The second-order valence-electron chi connectivity index (χ2n) is 5.54. The van der Waals surface area contributed by atoms with Gasteiger partial charge in [0.1, 0.15) is 0 Å². The van der Waals surface area contributed by atoms with Gasteiger partial charge in [-0.15, -0.1) is 0 Å². The number of carbonyl (C=O) groups excluding carboxylic acids is 1. The second kappa shape index (κ2) is 4.02. The third kappa shape index (κ3) is 1.75. The standard InChI is InChI=1S/C13H24N2O/c1-5-11-14-13(4,6-2)12(16)15(11)9(3)10-7-8-10/h9-11,14H,5-8H2,1-4H3. The number of carbonyl (C=O) groups is 1. The van der Waals surface area contributed by atoms with Crippen LogP contribution in [0.3, 0.4) is 0 Å². The quantitative estimate of drug-likeness (QED) is 0.793. The van der Waals surface area contributed by atoms with E-state index >= 15 is 0 Å². The van der Waals surface area contributed by atoms with E-state index in [9.17, 15) is 4.79 Å². The van der Waals surface area contributed by atoms with Gasteiger partial charge in [-0.25, -0.2) is 0 Å². The van der Waals surface area contributed by atoms with Crippen molar-refractivity contribution in [3.05, 3.63) is 0 Å². The number of amides is 1. The average Bonchev–Trinajstić information content (AvgIpc) is 3.07. The summed E-state index contributed by atoms with van der Waals surface area (Å²) in [5, 5.41) is 3.51. The molecule has 3 unspecified atom stereocenters. The monoisotopic (exact) mass is 224 g/mol. The second-order valence-corrected chi connectivity index (χ2v) is 5.54. The van der Waals surface area contributed by atoms with Crippen LogP contribution in [0, 0.1) is 5.92 Å². The van der Waals surface area contributed by atoms with Gasteiger partial charge in [0.2, 0.25) is 5.91 Å². The highest BCUT2D eigenvalue weighted by atomic mass is 16.2. The fourth-order valence-electron chi connectivity index (χ4n) is 2.75. The molecule has 1 aliphatic carbocycles. The molecule has 0 aromatic heterocycles. The molecule has 2 rings (SSSR count). The topological polar surface area (TPSA) is 32.3 Å². The molecule has 0 spiro atoms. The minimum atomic E-state index is -0.330. The van der Waals surface area contributed by atoms with Gasteiger partial charge in [-0.3, -0.25) is 10.1 Å². The van der Waals surface area contributed by atoms with Gasteiger partial charge in [-0.2, -0.15) is 0 Å². The minimum Gasteiger partial charge on any atom is -0.323 e. The molecule has 1 saturated carbocycles. The van der Waals surface area contributed by atoms with Crippen LogP contribution >= 0.6 is 0 Å². The Morgan fingerprint density at radius 1 is 1.50 bits per heavy atom. The molecule has 2 fully saturated rings. The van der Waals surface area contributed by atoms with Crippen LogP contribution in [0.1, 0.15) is 53.4 Å². The number of hydrogen-bond donors (Lipinski definition) is 1. The van der Waals surface area contributed by atoms with Crippen LogP contribution in [0.15, 0.2) is 0 Å². The Kier molecular flexibility index (Phi) is 2.99. The third-order valence-corrected chi connectivity index (χ3v) is 4.36. The largest absolute Gasteiger partial charge is 0.323 e. The van der Waals surface area contributed by atoms with Crippen molar-refractivity contribution in [2.45, 2.75) is 71.1 Å². The Balaban J connectivity index is 2.18. The summed E-state index contributed by atoms with van der Waals surface area (Å²) in [6.07, 6.45) is 4.70. The lowest BCUT2D eigenvalue weighted by atomic mass is 9.99. The van der Waals surface area contributed by atoms with Gasteiger partial charge in [0.15, 0.2) is 0 Å². The summed E-state index contributed by atoms with van der Waals surface area (Å²) < 4.78 is 0. The molecule has 0 aromatic rings. The first kappa shape index (κ1) is 11.9. The van der Waals surface area contributed by atoms with Crippen molar-refractivity contribution in [1.82, 2.24) is 10.2 Å². The van der Waals surface area contributed by atoms with E-state index < -0.39 is 0 Å². The first-order valence-corrected chi connectivity index (χ1v) is 6.64. The smallest absolute Gasteiger partial charge is 0.244 e. The molecule has 1 amide bonds.